The van der Waals surface area contributed by atoms with Crippen LogP contribution in [0.15, 0.2) is 206 Å². The van der Waals surface area contributed by atoms with E-state index >= 15 is 0 Å². The van der Waals surface area contributed by atoms with Crippen LogP contribution < -0.4 is 0 Å². The Hall–Kier alpha value is -7.56. The van der Waals surface area contributed by atoms with Gasteiger partial charge in [-0.3, -0.25) is 0 Å². The molecule has 262 valence electrons. The van der Waals surface area contributed by atoms with Crippen LogP contribution in [0.5, 0.6) is 0 Å². The van der Waals surface area contributed by atoms with Gasteiger partial charge in [0.1, 0.15) is 0 Å². The summed E-state index contributed by atoms with van der Waals surface area (Å²) in [7, 11) is 0. The Morgan fingerprint density at radius 1 is 0.304 bits per heavy atom. The number of fused-ring (bicyclic) bond motifs is 6. The second-order valence-electron chi connectivity index (χ2n) is 14.2. The van der Waals surface area contributed by atoms with Gasteiger partial charge < -0.3 is 9.13 Å². The fourth-order valence-corrected chi connectivity index (χ4v) is 8.41. The topological polar surface area (TPSA) is 35.6 Å². The van der Waals surface area contributed by atoms with Crippen LogP contribution in [0.25, 0.3) is 100 Å². The molecule has 0 N–H and O–H groups in total. The van der Waals surface area contributed by atoms with Crippen LogP contribution in [0.4, 0.5) is 0 Å². The lowest BCUT2D eigenvalue weighted by Crippen LogP contribution is -1.99. The van der Waals surface area contributed by atoms with Crippen molar-refractivity contribution in [2.45, 2.75) is 0 Å². The smallest absolute Gasteiger partial charge is 0.160 e. The Balaban J connectivity index is 1.22. The number of hydrogen-bond donors (Lipinski definition) is 0. The molecule has 3 heterocycles. The van der Waals surface area contributed by atoms with E-state index in [0.717, 1.165) is 45.0 Å². The molecule has 11 aromatic rings. The molecule has 11 rings (SSSR count). The van der Waals surface area contributed by atoms with E-state index in [9.17, 15) is 0 Å². The minimum Gasteiger partial charge on any atom is -0.309 e. The van der Waals surface area contributed by atoms with Crippen molar-refractivity contribution in [3.63, 3.8) is 0 Å². The Morgan fingerprint density at radius 2 is 0.696 bits per heavy atom. The van der Waals surface area contributed by atoms with Gasteiger partial charge in [-0.25, -0.2) is 9.97 Å². The summed E-state index contributed by atoms with van der Waals surface area (Å²) >= 11 is 0. The molecule has 0 amide bonds. The number of benzene rings is 8. The lowest BCUT2D eigenvalue weighted by molar-refractivity contribution is 1.17. The standard InChI is InChI=1S/C52H34N4/c1-5-17-35(18-6-1)45-34-46(54-52(53-45)38-19-7-2-8-20-38)36-29-31-37(32-30-36)49-50-43(41-25-13-15-27-47(41)55(50)39-21-9-3-10-22-39)33-44-42-26-14-16-28-48(42)56(51(44)49)40-23-11-4-12-24-40/h1-34H. The van der Waals surface area contributed by atoms with Gasteiger partial charge in [-0.05, 0) is 54.1 Å². The average molecular weight is 715 g/mol. The number of para-hydroxylation sites is 4. The number of nitrogens with zero attached hydrogens (tertiary/aromatic N) is 4. The van der Waals surface area contributed by atoms with E-state index in [-0.39, 0.29) is 0 Å². The summed E-state index contributed by atoms with van der Waals surface area (Å²) in [5.41, 5.74) is 14.1. The first-order chi connectivity index (χ1) is 27.8. The maximum atomic E-state index is 5.15. The van der Waals surface area contributed by atoms with Crippen molar-refractivity contribution in [3.05, 3.63) is 206 Å². The van der Waals surface area contributed by atoms with Gasteiger partial charge in [-0.1, -0.05) is 158 Å². The van der Waals surface area contributed by atoms with Crippen molar-refractivity contribution in [2.75, 3.05) is 0 Å². The predicted molar refractivity (Wildman–Crippen MR) is 232 cm³/mol. The Bertz CT molecular complexity index is 3010. The van der Waals surface area contributed by atoms with Crippen molar-refractivity contribution >= 4 is 43.6 Å². The largest absolute Gasteiger partial charge is 0.309 e. The third kappa shape index (κ3) is 5.15. The predicted octanol–water partition coefficient (Wildman–Crippen LogP) is 13.3. The molecule has 0 spiro atoms. The molecule has 56 heavy (non-hydrogen) atoms. The zero-order chi connectivity index (χ0) is 37.0. The van der Waals surface area contributed by atoms with Crippen LogP contribution in [0.1, 0.15) is 0 Å². The molecule has 8 aromatic carbocycles. The molecule has 0 fully saturated rings. The highest BCUT2D eigenvalue weighted by atomic mass is 15.0. The number of rotatable bonds is 6. The highest BCUT2D eigenvalue weighted by Crippen LogP contribution is 2.46. The van der Waals surface area contributed by atoms with E-state index in [0.29, 0.717) is 5.82 Å². The fraction of sp³-hybridized carbons (Fsp3) is 0. The van der Waals surface area contributed by atoms with E-state index in [1.165, 1.54) is 49.2 Å². The maximum absolute atomic E-state index is 5.15. The molecule has 0 aliphatic rings. The number of hydrogen-bond acceptors (Lipinski definition) is 2. The lowest BCUT2D eigenvalue weighted by Gasteiger charge is -2.16. The molecule has 0 saturated carbocycles. The summed E-state index contributed by atoms with van der Waals surface area (Å²) in [4.78, 5) is 10.2. The first-order valence-corrected chi connectivity index (χ1v) is 19.0. The Morgan fingerprint density at radius 3 is 1.20 bits per heavy atom. The first kappa shape index (κ1) is 31.9. The quantitative estimate of drug-likeness (QED) is 0.172. The monoisotopic (exact) mass is 714 g/mol. The molecule has 4 nitrogen and oxygen atoms in total. The van der Waals surface area contributed by atoms with Crippen molar-refractivity contribution in [1.82, 2.24) is 19.1 Å². The molecule has 0 saturated heterocycles. The van der Waals surface area contributed by atoms with Crippen molar-refractivity contribution in [3.8, 4) is 56.4 Å². The van der Waals surface area contributed by atoms with Crippen LogP contribution in [0.2, 0.25) is 0 Å². The molecule has 0 unspecified atom stereocenters. The molecule has 0 aliphatic heterocycles. The summed E-state index contributed by atoms with van der Waals surface area (Å²) in [6, 6.07) is 73.2. The summed E-state index contributed by atoms with van der Waals surface area (Å²) in [5.74, 6) is 0.706. The van der Waals surface area contributed by atoms with Gasteiger partial charge in [0.05, 0.1) is 33.5 Å². The van der Waals surface area contributed by atoms with Gasteiger partial charge in [0.25, 0.3) is 0 Å². The molecule has 0 atom stereocenters. The highest BCUT2D eigenvalue weighted by molar-refractivity contribution is 6.25. The van der Waals surface area contributed by atoms with Crippen LogP contribution in [0.3, 0.4) is 0 Å². The van der Waals surface area contributed by atoms with Crippen LogP contribution >= 0.6 is 0 Å². The zero-order valence-corrected chi connectivity index (χ0v) is 30.4. The Kier molecular flexibility index (Phi) is 7.46. The van der Waals surface area contributed by atoms with Gasteiger partial charge in [0.15, 0.2) is 5.82 Å². The van der Waals surface area contributed by atoms with Gasteiger partial charge >= 0.3 is 0 Å². The highest BCUT2D eigenvalue weighted by Gasteiger charge is 2.24. The van der Waals surface area contributed by atoms with Gasteiger partial charge in [-0.15, -0.1) is 0 Å². The van der Waals surface area contributed by atoms with Gasteiger partial charge in [-0.2, -0.15) is 0 Å². The third-order valence-corrected chi connectivity index (χ3v) is 10.9. The van der Waals surface area contributed by atoms with E-state index in [1.54, 1.807) is 0 Å². The molecule has 0 aliphatic carbocycles. The molecule has 0 bridgehead atoms. The zero-order valence-electron chi connectivity index (χ0n) is 30.4. The van der Waals surface area contributed by atoms with Crippen molar-refractivity contribution < 1.29 is 0 Å². The molecule has 4 heteroatoms. The van der Waals surface area contributed by atoms with Gasteiger partial charge in [0.2, 0.25) is 0 Å². The summed E-state index contributed by atoms with van der Waals surface area (Å²) in [6.45, 7) is 0. The number of aromatic nitrogens is 4. The first-order valence-electron chi connectivity index (χ1n) is 19.0. The second-order valence-corrected chi connectivity index (χ2v) is 14.2. The molecule has 0 radical (unpaired) electrons. The molecular weight excluding hydrogens is 681 g/mol. The lowest BCUT2D eigenvalue weighted by atomic mass is 9.96. The minimum absolute atomic E-state index is 0.706. The SMILES string of the molecule is c1ccc(-c2cc(-c3ccc(-c4c5c(cc6c7ccccc7n(-c7ccccc7)c46)c4ccccc4n5-c4ccccc4)cc3)nc(-c3ccccc3)n2)cc1. The van der Waals surface area contributed by atoms with Crippen molar-refractivity contribution in [1.29, 1.82) is 0 Å². The summed E-state index contributed by atoms with van der Waals surface area (Å²) in [5, 5.41) is 4.90. The van der Waals surface area contributed by atoms with Crippen LogP contribution in [-0.4, -0.2) is 19.1 Å². The molecular formula is C52H34N4. The van der Waals surface area contributed by atoms with E-state index < -0.39 is 0 Å². The Labute approximate surface area is 324 Å². The second kappa shape index (κ2) is 13.1. The van der Waals surface area contributed by atoms with Crippen LogP contribution in [-0.2, 0) is 0 Å². The van der Waals surface area contributed by atoms with E-state index in [1.807, 2.05) is 24.3 Å². The van der Waals surface area contributed by atoms with Crippen LogP contribution in [0, 0.1) is 0 Å². The molecule has 3 aromatic heterocycles. The maximum Gasteiger partial charge on any atom is 0.160 e. The van der Waals surface area contributed by atoms with E-state index in [2.05, 4.69) is 191 Å². The van der Waals surface area contributed by atoms with E-state index in [4.69, 9.17) is 9.97 Å². The summed E-state index contributed by atoms with van der Waals surface area (Å²) in [6.07, 6.45) is 0. The fourth-order valence-electron chi connectivity index (χ4n) is 8.41. The van der Waals surface area contributed by atoms with Gasteiger partial charge in [0, 0.05) is 55.2 Å². The average Bonchev–Trinajstić information content (AvgIpc) is 3.79. The van der Waals surface area contributed by atoms with Crippen molar-refractivity contribution in [2.24, 2.45) is 0 Å². The normalized spacial score (nSPS) is 11.6. The third-order valence-electron chi connectivity index (χ3n) is 10.9. The minimum atomic E-state index is 0.706. The summed E-state index contributed by atoms with van der Waals surface area (Å²) < 4.78 is 4.89.